The normalized spacial score (nSPS) is 9.50. The van der Waals surface area contributed by atoms with Gasteiger partial charge in [0.05, 0.1) is 6.61 Å². The Kier molecular flexibility index (Phi) is 3.92. The fourth-order valence-electron chi connectivity index (χ4n) is 0.963. The van der Waals surface area contributed by atoms with E-state index in [0.717, 1.165) is 5.56 Å². The Morgan fingerprint density at radius 3 is 2.93 bits per heavy atom. The van der Waals surface area contributed by atoms with E-state index >= 15 is 0 Å². The number of benzene rings is 1. The van der Waals surface area contributed by atoms with Crippen LogP contribution in [0.5, 0.6) is 0 Å². The molecule has 2 nitrogen and oxygen atoms in total. The van der Waals surface area contributed by atoms with Crippen molar-refractivity contribution in [3.05, 3.63) is 48.0 Å². The molecule has 0 aliphatic heterocycles. The fraction of sp³-hybridized carbons (Fsp3) is 0.250. The summed E-state index contributed by atoms with van der Waals surface area (Å²) in [4.78, 5) is 11.0. The molecule has 0 aliphatic carbocycles. The lowest BCUT2D eigenvalue weighted by molar-refractivity contribution is -0.138. The summed E-state index contributed by atoms with van der Waals surface area (Å²) < 4.78 is 4.95. The van der Waals surface area contributed by atoms with Gasteiger partial charge in [-0.2, -0.15) is 0 Å². The van der Waals surface area contributed by atoms with Gasteiger partial charge in [-0.3, -0.25) is 0 Å². The number of hydrogen-bond donors (Lipinski definition) is 0. The quantitative estimate of drug-likeness (QED) is 0.536. The van der Waals surface area contributed by atoms with Crippen LogP contribution in [0.1, 0.15) is 12.5 Å². The van der Waals surface area contributed by atoms with E-state index in [1.807, 2.05) is 24.3 Å². The topological polar surface area (TPSA) is 26.3 Å². The number of ether oxygens (including phenoxy) is 1. The number of hydrogen-bond acceptors (Lipinski definition) is 2. The third-order valence-corrected chi connectivity index (χ3v) is 1.73. The second-order valence-electron chi connectivity index (χ2n) is 3.05. The molecule has 0 fully saturated rings. The zero-order valence-corrected chi connectivity index (χ0v) is 8.25. The molecule has 2 heteroatoms. The second kappa shape index (κ2) is 5.22. The first-order chi connectivity index (χ1) is 6.70. The van der Waals surface area contributed by atoms with E-state index in [4.69, 9.17) is 4.74 Å². The van der Waals surface area contributed by atoms with E-state index in [-0.39, 0.29) is 5.97 Å². The highest BCUT2D eigenvalue weighted by atomic mass is 16.5. The molecule has 1 rings (SSSR count). The Bertz CT molecular complexity index is 314. The molecular weight excluding hydrogens is 176 g/mol. The zero-order chi connectivity index (χ0) is 10.4. The van der Waals surface area contributed by atoms with Crippen LogP contribution in [0.2, 0.25) is 0 Å². The molecule has 1 aromatic rings. The lowest BCUT2D eigenvalue weighted by Crippen LogP contribution is -2.07. The number of carbonyl (C=O) groups is 1. The van der Waals surface area contributed by atoms with Gasteiger partial charge in [0.25, 0.3) is 0 Å². The average Bonchev–Trinajstić information content (AvgIpc) is 2.19. The molecule has 0 aromatic heterocycles. The van der Waals surface area contributed by atoms with E-state index in [2.05, 4.69) is 12.6 Å². The van der Waals surface area contributed by atoms with Crippen molar-refractivity contribution in [2.24, 2.45) is 0 Å². The van der Waals surface area contributed by atoms with Crippen molar-refractivity contribution < 1.29 is 9.53 Å². The van der Waals surface area contributed by atoms with Gasteiger partial charge in [0.2, 0.25) is 0 Å². The summed E-state index contributed by atoms with van der Waals surface area (Å²) in [5.74, 6) is -0.332. The van der Waals surface area contributed by atoms with E-state index < -0.39 is 0 Å². The van der Waals surface area contributed by atoms with Gasteiger partial charge >= 0.3 is 5.97 Å². The molecule has 0 aliphatic rings. The van der Waals surface area contributed by atoms with Gasteiger partial charge in [0.15, 0.2) is 0 Å². The van der Waals surface area contributed by atoms with Crippen LogP contribution in [0.15, 0.2) is 36.4 Å². The maximum atomic E-state index is 11.0. The lowest BCUT2D eigenvalue weighted by atomic mass is 10.2. The molecule has 0 unspecified atom stereocenters. The van der Waals surface area contributed by atoms with Crippen molar-refractivity contribution in [3.63, 3.8) is 0 Å². The number of rotatable bonds is 4. The predicted molar refractivity (Wildman–Crippen MR) is 54.8 cm³/mol. The third-order valence-electron chi connectivity index (χ3n) is 1.73. The van der Waals surface area contributed by atoms with Gasteiger partial charge < -0.3 is 4.74 Å². The maximum absolute atomic E-state index is 11.0. The summed E-state index contributed by atoms with van der Waals surface area (Å²) in [7, 11) is 0. The van der Waals surface area contributed by atoms with Gasteiger partial charge in [0, 0.05) is 12.0 Å². The van der Waals surface area contributed by atoms with Crippen molar-refractivity contribution in [2.75, 3.05) is 6.61 Å². The van der Waals surface area contributed by atoms with Crippen LogP contribution in [-0.2, 0) is 16.0 Å². The van der Waals surface area contributed by atoms with Gasteiger partial charge in [-0.15, -0.1) is 0 Å². The molecular formula is C12H13O2. The first-order valence-corrected chi connectivity index (χ1v) is 4.48. The zero-order valence-electron chi connectivity index (χ0n) is 8.25. The summed E-state index contributed by atoms with van der Waals surface area (Å²) in [6.07, 6.45) is 0.694. The Balaban J connectivity index is 2.29. The molecule has 0 N–H and O–H groups in total. The molecule has 1 radical (unpaired) electrons. The van der Waals surface area contributed by atoms with E-state index in [1.165, 1.54) is 0 Å². The lowest BCUT2D eigenvalue weighted by Gasteiger charge is -2.03. The summed E-state index contributed by atoms with van der Waals surface area (Å²) in [5.41, 5.74) is 1.48. The van der Waals surface area contributed by atoms with Crippen LogP contribution >= 0.6 is 0 Å². The van der Waals surface area contributed by atoms with Gasteiger partial charge in [0.1, 0.15) is 0 Å². The molecule has 0 atom stereocenters. The van der Waals surface area contributed by atoms with Crippen LogP contribution in [0, 0.1) is 6.07 Å². The van der Waals surface area contributed by atoms with E-state index in [9.17, 15) is 4.79 Å². The van der Waals surface area contributed by atoms with Crippen molar-refractivity contribution >= 4 is 5.97 Å². The highest BCUT2D eigenvalue weighted by molar-refractivity contribution is 5.86. The molecule has 0 saturated heterocycles. The minimum atomic E-state index is -0.332. The maximum Gasteiger partial charge on any atom is 0.333 e. The van der Waals surface area contributed by atoms with Crippen LogP contribution in [0.4, 0.5) is 0 Å². The fourth-order valence-corrected chi connectivity index (χ4v) is 0.963. The molecule has 73 valence electrons. The number of carbonyl (C=O) groups excluding carboxylic acids is 1. The molecule has 1 aromatic carbocycles. The van der Waals surface area contributed by atoms with Crippen LogP contribution in [0.3, 0.4) is 0 Å². The summed E-state index contributed by atoms with van der Waals surface area (Å²) in [6.45, 7) is 5.52. The van der Waals surface area contributed by atoms with Crippen molar-refractivity contribution in [1.82, 2.24) is 0 Å². The molecule has 0 spiro atoms. The van der Waals surface area contributed by atoms with Crippen LogP contribution in [0.25, 0.3) is 0 Å². The standard InChI is InChI=1S/C12H13O2/c1-10(2)12(13)14-9-8-11-6-4-3-5-7-11/h3-6H,1,8-9H2,2H3. The summed E-state index contributed by atoms with van der Waals surface area (Å²) >= 11 is 0. The largest absolute Gasteiger partial charge is 0.462 e. The molecule has 0 heterocycles. The SMILES string of the molecule is C=C(C)C(=O)OCCc1[c]cccc1. The Morgan fingerprint density at radius 1 is 1.57 bits per heavy atom. The minimum Gasteiger partial charge on any atom is -0.462 e. The van der Waals surface area contributed by atoms with Crippen molar-refractivity contribution in [2.45, 2.75) is 13.3 Å². The van der Waals surface area contributed by atoms with Gasteiger partial charge in [-0.05, 0) is 18.6 Å². The summed E-state index contributed by atoms with van der Waals surface area (Å²) in [5, 5.41) is 0. The molecule has 0 bridgehead atoms. The second-order valence-corrected chi connectivity index (χ2v) is 3.05. The van der Waals surface area contributed by atoms with Crippen molar-refractivity contribution in [1.29, 1.82) is 0 Å². The van der Waals surface area contributed by atoms with Crippen LogP contribution < -0.4 is 0 Å². The van der Waals surface area contributed by atoms with Crippen molar-refractivity contribution in [3.8, 4) is 0 Å². The number of esters is 1. The van der Waals surface area contributed by atoms with Gasteiger partial charge in [-0.25, -0.2) is 4.79 Å². The Labute approximate surface area is 84.2 Å². The molecule has 0 amide bonds. The van der Waals surface area contributed by atoms with E-state index in [0.29, 0.717) is 18.6 Å². The van der Waals surface area contributed by atoms with Gasteiger partial charge in [-0.1, -0.05) is 30.8 Å². The van der Waals surface area contributed by atoms with Crippen LogP contribution in [-0.4, -0.2) is 12.6 Å². The minimum absolute atomic E-state index is 0.332. The Hall–Kier alpha value is -1.57. The highest BCUT2D eigenvalue weighted by Gasteiger charge is 2.02. The van der Waals surface area contributed by atoms with E-state index in [1.54, 1.807) is 6.92 Å². The first-order valence-electron chi connectivity index (χ1n) is 4.48. The third kappa shape index (κ3) is 3.44. The highest BCUT2D eigenvalue weighted by Crippen LogP contribution is 2.00. The smallest absolute Gasteiger partial charge is 0.333 e. The summed E-state index contributed by atoms with van der Waals surface area (Å²) in [6, 6.07) is 10.7. The monoisotopic (exact) mass is 189 g/mol. The Morgan fingerprint density at radius 2 is 2.36 bits per heavy atom. The molecule has 14 heavy (non-hydrogen) atoms. The predicted octanol–water partition coefficient (Wildman–Crippen LogP) is 2.15. The first kappa shape index (κ1) is 10.5. The average molecular weight is 189 g/mol. The molecule has 0 saturated carbocycles.